The molecule has 0 saturated carbocycles. The van der Waals surface area contributed by atoms with E-state index in [1.165, 1.54) is 0 Å². The summed E-state index contributed by atoms with van der Waals surface area (Å²) >= 11 is 11.5. The van der Waals surface area contributed by atoms with Crippen molar-refractivity contribution in [2.45, 2.75) is 6.92 Å². The van der Waals surface area contributed by atoms with Crippen LogP contribution in [0.25, 0.3) is 0 Å². The van der Waals surface area contributed by atoms with Crippen LogP contribution in [0, 0.1) is 6.92 Å². The van der Waals surface area contributed by atoms with E-state index in [1.807, 2.05) is 0 Å². The second-order valence-electron chi connectivity index (χ2n) is 2.24. The molecular weight excluding hydrogens is 202 g/mol. The van der Waals surface area contributed by atoms with E-state index in [2.05, 4.69) is 4.74 Å². The predicted molar refractivity (Wildman–Crippen MR) is 47.8 cm³/mol. The second-order valence-corrected chi connectivity index (χ2v) is 3.02. The van der Waals surface area contributed by atoms with Crippen molar-refractivity contribution >= 4 is 23.2 Å². The molecule has 0 heterocycles. The van der Waals surface area contributed by atoms with E-state index in [9.17, 15) is 4.39 Å². The Kier molecular flexibility index (Phi) is 3.18. The number of hydrogen-bond acceptors (Lipinski definition) is 1. The standard InChI is InChI=1S/C8H7Cl2FO/c1-5-7(12-4-11)3-2-6(9)8(5)10/h2-3H,4H2,1H3. The molecule has 0 amide bonds. The van der Waals surface area contributed by atoms with Gasteiger partial charge in [0.15, 0.2) is 0 Å². The lowest BCUT2D eigenvalue weighted by Crippen LogP contribution is -1.93. The van der Waals surface area contributed by atoms with Crippen LogP contribution in [0.3, 0.4) is 0 Å². The number of halogens is 3. The fourth-order valence-electron chi connectivity index (χ4n) is 0.849. The highest BCUT2D eigenvalue weighted by Crippen LogP contribution is 2.31. The molecule has 1 aromatic carbocycles. The SMILES string of the molecule is Cc1c(OCF)ccc(Cl)c1Cl. The summed E-state index contributed by atoms with van der Waals surface area (Å²) in [5.74, 6) is 0.423. The Morgan fingerprint density at radius 2 is 2.08 bits per heavy atom. The molecule has 0 N–H and O–H groups in total. The summed E-state index contributed by atoms with van der Waals surface area (Å²) in [6.45, 7) is 0.859. The first kappa shape index (κ1) is 9.62. The molecule has 0 unspecified atom stereocenters. The number of alkyl halides is 1. The Labute approximate surface area is 80.0 Å². The Bertz CT molecular complexity index is 289. The van der Waals surface area contributed by atoms with Gasteiger partial charge in [-0.2, -0.15) is 0 Å². The van der Waals surface area contributed by atoms with Crippen LogP contribution >= 0.6 is 23.2 Å². The van der Waals surface area contributed by atoms with Crippen molar-refractivity contribution in [3.63, 3.8) is 0 Å². The van der Waals surface area contributed by atoms with Crippen molar-refractivity contribution in [2.24, 2.45) is 0 Å². The van der Waals surface area contributed by atoms with Gasteiger partial charge in [-0.25, -0.2) is 4.39 Å². The summed E-state index contributed by atoms with van der Waals surface area (Å²) in [4.78, 5) is 0. The molecule has 0 spiro atoms. The lowest BCUT2D eigenvalue weighted by Gasteiger charge is -2.07. The summed E-state index contributed by atoms with van der Waals surface area (Å²) in [6.07, 6.45) is 0. The summed E-state index contributed by atoms with van der Waals surface area (Å²) < 4.78 is 16.5. The molecule has 0 saturated heterocycles. The average Bonchev–Trinajstić information content (AvgIpc) is 2.07. The second kappa shape index (κ2) is 3.97. The summed E-state index contributed by atoms with van der Waals surface area (Å²) in [7, 11) is 0. The third-order valence-electron chi connectivity index (χ3n) is 1.50. The van der Waals surface area contributed by atoms with E-state index >= 15 is 0 Å². The van der Waals surface area contributed by atoms with Gasteiger partial charge in [0.25, 0.3) is 0 Å². The van der Waals surface area contributed by atoms with Gasteiger partial charge in [-0.15, -0.1) is 0 Å². The largest absolute Gasteiger partial charge is 0.463 e. The van der Waals surface area contributed by atoms with Gasteiger partial charge in [-0.1, -0.05) is 23.2 Å². The van der Waals surface area contributed by atoms with Crippen molar-refractivity contribution in [2.75, 3.05) is 6.86 Å². The molecule has 0 atom stereocenters. The lowest BCUT2D eigenvalue weighted by molar-refractivity contribution is 0.190. The molecule has 0 aliphatic rings. The van der Waals surface area contributed by atoms with Crippen LogP contribution in [0.1, 0.15) is 5.56 Å². The van der Waals surface area contributed by atoms with E-state index in [-0.39, 0.29) is 0 Å². The highest BCUT2D eigenvalue weighted by Gasteiger charge is 2.06. The van der Waals surface area contributed by atoms with E-state index in [1.54, 1.807) is 19.1 Å². The molecule has 1 aromatic rings. The first-order valence-corrected chi connectivity index (χ1v) is 4.05. The zero-order valence-corrected chi connectivity index (χ0v) is 7.92. The fourth-order valence-corrected chi connectivity index (χ4v) is 1.21. The van der Waals surface area contributed by atoms with E-state index in [0.717, 1.165) is 0 Å². The van der Waals surface area contributed by atoms with Gasteiger partial charge in [-0.3, -0.25) is 0 Å². The maximum atomic E-state index is 11.8. The van der Waals surface area contributed by atoms with Gasteiger partial charge in [0.2, 0.25) is 6.86 Å². The van der Waals surface area contributed by atoms with Crippen LogP contribution in [0.15, 0.2) is 12.1 Å². The number of rotatable bonds is 2. The Balaban J connectivity index is 3.08. The molecule has 0 bridgehead atoms. The van der Waals surface area contributed by atoms with Gasteiger partial charge < -0.3 is 4.74 Å². The van der Waals surface area contributed by atoms with Crippen LogP contribution in [0.5, 0.6) is 5.75 Å². The monoisotopic (exact) mass is 208 g/mol. The van der Waals surface area contributed by atoms with Crippen LogP contribution in [0.2, 0.25) is 10.0 Å². The molecule has 0 radical (unpaired) electrons. The summed E-state index contributed by atoms with van der Waals surface area (Å²) in [5.41, 5.74) is 0.654. The molecule has 66 valence electrons. The van der Waals surface area contributed by atoms with Crippen molar-refractivity contribution in [1.82, 2.24) is 0 Å². The normalized spacial score (nSPS) is 10.0. The van der Waals surface area contributed by atoms with Crippen molar-refractivity contribution in [3.8, 4) is 5.75 Å². The molecule has 1 rings (SSSR count). The van der Waals surface area contributed by atoms with E-state index < -0.39 is 6.86 Å². The molecule has 1 nitrogen and oxygen atoms in total. The minimum absolute atomic E-state index is 0.405. The molecule has 0 aliphatic carbocycles. The fraction of sp³-hybridized carbons (Fsp3) is 0.250. The van der Waals surface area contributed by atoms with E-state index in [4.69, 9.17) is 23.2 Å². The number of ether oxygens (including phenoxy) is 1. The minimum atomic E-state index is -0.862. The summed E-state index contributed by atoms with van der Waals surface area (Å²) in [6, 6.07) is 3.16. The van der Waals surface area contributed by atoms with Gasteiger partial charge in [0, 0.05) is 5.56 Å². The number of hydrogen-bond donors (Lipinski definition) is 0. The predicted octanol–water partition coefficient (Wildman–Crippen LogP) is 3.61. The van der Waals surface area contributed by atoms with E-state index in [0.29, 0.717) is 21.4 Å². The summed E-state index contributed by atoms with van der Waals surface area (Å²) in [5, 5.41) is 0.850. The Hall–Kier alpha value is -0.470. The van der Waals surface area contributed by atoms with Crippen molar-refractivity contribution < 1.29 is 9.13 Å². The van der Waals surface area contributed by atoms with Gasteiger partial charge in [0.1, 0.15) is 5.75 Å². The third-order valence-corrected chi connectivity index (χ3v) is 2.40. The first-order chi connectivity index (χ1) is 5.66. The molecule has 0 fully saturated rings. The quantitative estimate of drug-likeness (QED) is 0.722. The van der Waals surface area contributed by atoms with Gasteiger partial charge in [0.05, 0.1) is 10.0 Å². The highest BCUT2D eigenvalue weighted by molar-refractivity contribution is 6.42. The van der Waals surface area contributed by atoms with Crippen LogP contribution in [-0.2, 0) is 0 Å². The maximum absolute atomic E-state index is 11.8. The van der Waals surface area contributed by atoms with Crippen LogP contribution < -0.4 is 4.74 Å². The molecule has 0 aliphatic heterocycles. The van der Waals surface area contributed by atoms with Crippen molar-refractivity contribution in [3.05, 3.63) is 27.7 Å². The Morgan fingerprint density at radius 1 is 1.42 bits per heavy atom. The Morgan fingerprint density at radius 3 is 2.67 bits per heavy atom. The van der Waals surface area contributed by atoms with Gasteiger partial charge >= 0.3 is 0 Å². The molecular formula is C8H7Cl2FO. The maximum Gasteiger partial charge on any atom is 0.228 e. The zero-order valence-electron chi connectivity index (χ0n) is 6.40. The average molecular weight is 209 g/mol. The molecule has 12 heavy (non-hydrogen) atoms. The van der Waals surface area contributed by atoms with Crippen LogP contribution in [0.4, 0.5) is 4.39 Å². The van der Waals surface area contributed by atoms with Gasteiger partial charge in [-0.05, 0) is 19.1 Å². The highest BCUT2D eigenvalue weighted by atomic mass is 35.5. The van der Waals surface area contributed by atoms with Crippen molar-refractivity contribution in [1.29, 1.82) is 0 Å². The topological polar surface area (TPSA) is 9.23 Å². The molecule has 4 heteroatoms. The van der Waals surface area contributed by atoms with Crippen LogP contribution in [-0.4, -0.2) is 6.86 Å². The minimum Gasteiger partial charge on any atom is -0.463 e. The lowest BCUT2D eigenvalue weighted by atomic mass is 10.2. The zero-order chi connectivity index (χ0) is 9.14. The third kappa shape index (κ3) is 1.82. The molecule has 0 aromatic heterocycles. The number of benzene rings is 1. The first-order valence-electron chi connectivity index (χ1n) is 3.30. The smallest absolute Gasteiger partial charge is 0.228 e.